The van der Waals surface area contributed by atoms with Crippen molar-refractivity contribution in [3.8, 4) is 5.88 Å². The second-order valence-corrected chi connectivity index (χ2v) is 3.99. The lowest BCUT2D eigenvalue weighted by molar-refractivity contribution is 0.304. The molecule has 0 saturated heterocycles. The highest BCUT2D eigenvalue weighted by molar-refractivity contribution is 6.18. The fraction of sp³-hybridized carbons (Fsp3) is 0.636. The van der Waals surface area contributed by atoms with Crippen LogP contribution in [0.25, 0.3) is 0 Å². The van der Waals surface area contributed by atoms with E-state index < -0.39 is 0 Å². The fourth-order valence-corrected chi connectivity index (χ4v) is 1.32. The first kappa shape index (κ1) is 13.0. The van der Waals surface area contributed by atoms with Crippen LogP contribution in [0.1, 0.15) is 20.3 Å². The van der Waals surface area contributed by atoms with Crippen LogP contribution in [0, 0.1) is 0 Å². The Balaban J connectivity index is 2.73. The first-order valence-corrected chi connectivity index (χ1v) is 5.96. The van der Waals surface area contributed by atoms with Gasteiger partial charge in [-0.05, 0) is 13.3 Å². The highest BCUT2D eigenvalue weighted by Crippen LogP contribution is 2.15. The van der Waals surface area contributed by atoms with Crippen molar-refractivity contribution in [3.05, 3.63) is 12.4 Å². The van der Waals surface area contributed by atoms with Gasteiger partial charge in [0.1, 0.15) is 0 Å². The number of halogens is 1. The molecule has 0 aromatic carbocycles. The molecule has 90 valence electrons. The Kier molecular flexibility index (Phi) is 5.32. The number of alkyl halides is 1. The number of hydrogen-bond donors (Lipinski definition) is 0. The third kappa shape index (κ3) is 3.52. The number of aromatic nitrogens is 2. The standard InChI is InChI=1S/C11H18ClN3O/c1-4-5-16-11-8-13-7-10(14-11)15(3)9(2)6-12/h7-9H,4-6H2,1-3H3. The Hall–Kier alpha value is -1.03. The summed E-state index contributed by atoms with van der Waals surface area (Å²) in [5.74, 6) is 1.90. The summed E-state index contributed by atoms with van der Waals surface area (Å²) in [7, 11) is 1.95. The van der Waals surface area contributed by atoms with E-state index in [4.69, 9.17) is 16.3 Å². The maximum Gasteiger partial charge on any atom is 0.234 e. The average molecular weight is 244 g/mol. The molecule has 1 atom stereocenters. The minimum Gasteiger partial charge on any atom is -0.477 e. The van der Waals surface area contributed by atoms with Gasteiger partial charge in [0.05, 0.1) is 19.0 Å². The van der Waals surface area contributed by atoms with Gasteiger partial charge in [0.15, 0.2) is 5.82 Å². The molecule has 0 spiro atoms. The van der Waals surface area contributed by atoms with Gasteiger partial charge >= 0.3 is 0 Å². The predicted octanol–water partition coefficient (Wildman–Crippen LogP) is 2.33. The second kappa shape index (κ2) is 6.53. The SMILES string of the molecule is CCCOc1cncc(N(C)C(C)CCl)n1. The summed E-state index contributed by atoms with van der Waals surface area (Å²) in [6.45, 7) is 4.75. The van der Waals surface area contributed by atoms with Crippen molar-refractivity contribution >= 4 is 17.4 Å². The summed E-state index contributed by atoms with van der Waals surface area (Å²) in [6, 6.07) is 0.220. The van der Waals surface area contributed by atoms with E-state index in [1.807, 2.05) is 18.9 Å². The van der Waals surface area contributed by atoms with E-state index in [0.29, 0.717) is 18.4 Å². The number of hydrogen-bond acceptors (Lipinski definition) is 4. The third-order valence-electron chi connectivity index (χ3n) is 2.30. The van der Waals surface area contributed by atoms with Crippen molar-refractivity contribution in [2.24, 2.45) is 0 Å². The Morgan fingerprint density at radius 2 is 2.25 bits per heavy atom. The van der Waals surface area contributed by atoms with E-state index in [2.05, 4.69) is 16.9 Å². The zero-order valence-electron chi connectivity index (χ0n) is 9.98. The van der Waals surface area contributed by atoms with Crippen LogP contribution in [-0.2, 0) is 0 Å². The third-order valence-corrected chi connectivity index (χ3v) is 2.75. The van der Waals surface area contributed by atoms with E-state index >= 15 is 0 Å². The Bertz CT molecular complexity index is 322. The van der Waals surface area contributed by atoms with Gasteiger partial charge in [-0.25, -0.2) is 0 Å². The highest BCUT2D eigenvalue weighted by Gasteiger charge is 2.11. The van der Waals surface area contributed by atoms with Gasteiger partial charge in [-0.3, -0.25) is 4.98 Å². The lowest BCUT2D eigenvalue weighted by Gasteiger charge is -2.23. The first-order chi connectivity index (χ1) is 7.69. The maximum absolute atomic E-state index is 5.80. The minimum atomic E-state index is 0.220. The predicted molar refractivity (Wildman–Crippen MR) is 66.4 cm³/mol. The van der Waals surface area contributed by atoms with E-state index in [-0.39, 0.29) is 6.04 Å². The quantitative estimate of drug-likeness (QED) is 0.719. The zero-order valence-corrected chi connectivity index (χ0v) is 10.7. The molecule has 0 saturated carbocycles. The number of ether oxygens (including phenoxy) is 1. The van der Waals surface area contributed by atoms with Gasteiger partial charge in [0.2, 0.25) is 5.88 Å². The molecule has 0 fully saturated rings. The van der Waals surface area contributed by atoms with Crippen LogP contribution >= 0.6 is 11.6 Å². The molecule has 1 heterocycles. The number of rotatable bonds is 6. The minimum absolute atomic E-state index is 0.220. The van der Waals surface area contributed by atoms with Crippen LogP contribution in [0.15, 0.2) is 12.4 Å². The molecule has 1 rings (SSSR count). The highest BCUT2D eigenvalue weighted by atomic mass is 35.5. The molecule has 0 N–H and O–H groups in total. The van der Waals surface area contributed by atoms with Crippen LogP contribution < -0.4 is 9.64 Å². The molecule has 0 aliphatic rings. The summed E-state index contributed by atoms with van der Waals surface area (Å²) in [6.07, 6.45) is 4.29. The molecule has 16 heavy (non-hydrogen) atoms. The molecule has 0 radical (unpaired) electrons. The smallest absolute Gasteiger partial charge is 0.234 e. The molecule has 4 nitrogen and oxygen atoms in total. The average Bonchev–Trinajstić information content (AvgIpc) is 2.34. The summed E-state index contributed by atoms with van der Waals surface area (Å²) >= 11 is 5.80. The Morgan fingerprint density at radius 1 is 1.50 bits per heavy atom. The Morgan fingerprint density at radius 3 is 2.88 bits per heavy atom. The monoisotopic (exact) mass is 243 g/mol. The Labute approximate surface area is 102 Å². The summed E-state index contributed by atoms with van der Waals surface area (Å²) in [4.78, 5) is 10.4. The van der Waals surface area contributed by atoms with E-state index in [1.54, 1.807) is 12.4 Å². The maximum atomic E-state index is 5.80. The van der Waals surface area contributed by atoms with E-state index in [1.165, 1.54) is 0 Å². The molecular weight excluding hydrogens is 226 g/mol. The molecule has 0 bridgehead atoms. The van der Waals surface area contributed by atoms with Crippen molar-refractivity contribution in [2.75, 3.05) is 24.4 Å². The normalized spacial score (nSPS) is 12.2. The lowest BCUT2D eigenvalue weighted by atomic mass is 10.3. The lowest BCUT2D eigenvalue weighted by Crippen LogP contribution is -2.31. The van der Waals surface area contributed by atoms with Crippen LogP contribution in [0.5, 0.6) is 5.88 Å². The molecule has 0 amide bonds. The van der Waals surface area contributed by atoms with Gasteiger partial charge in [-0.1, -0.05) is 6.92 Å². The van der Waals surface area contributed by atoms with Crippen molar-refractivity contribution in [3.63, 3.8) is 0 Å². The van der Waals surface area contributed by atoms with Crippen LogP contribution in [0.4, 0.5) is 5.82 Å². The topological polar surface area (TPSA) is 38.2 Å². The second-order valence-electron chi connectivity index (χ2n) is 3.68. The molecule has 1 unspecified atom stereocenters. The molecule has 1 aromatic heterocycles. The van der Waals surface area contributed by atoms with Gasteiger partial charge in [0, 0.05) is 19.0 Å². The van der Waals surface area contributed by atoms with Crippen LogP contribution in [0.2, 0.25) is 0 Å². The molecule has 0 aliphatic carbocycles. The van der Waals surface area contributed by atoms with Gasteiger partial charge in [-0.15, -0.1) is 11.6 Å². The van der Waals surface area contributed by atoms with Crippen LogP contribution in [-0.4, -0.2) is 35.5 Å². The molecule has 1 aromatic rings. The summed E-state index contributed by atoms with van der Waals surface area (Å²) in [5, 5.41) is 0. The number of anilines is 1. The van der Waals surface area contributed by atoms with Gasteiger partial charge in [0.25, 0.3) is 0 Å². The van der Waals surface area contributed by atoms with Crippen LogP contribution in [0.3, 0.4) is 0 Å². The van der Waals surface area contributed by atoms with Crippen molar-refractivity contribution in [1.29, 1.82) is 0 Å². The van der Waals surface area contributed by atoms with E-state index in [0.717, 1.165) is 12.2 Å². The largest absolute Gasteiger partial charge is 0.477 e. The molecule has 0 aliphatic heterocycles. The molecule has 5 heteroatoms. The number of nitrogens with zero attached hydrogens (tertiary/aromatic N) is 3. The van der Waals surface area contributed by atoms with E-state index in [9.17, 15) is 0 Å². The van der Waals surface area contributed by atoms with Crippen molar-refractivity contribution in [2.45, 2.75) is 26.3 Å². The molecular formula is C11H18ClN3O. The fourth-order valence-electron chi connectivity index (χ4n) is 1.11. The summed E-state index contributed by atoms with van der Waals surface area (Å²) in [5.41, 5.74) is 0. The van der Waals surface area contributed by atoms with Gasteiger partial charge < -0.3 is 9.64 Å². The van der Waals surface area contributed by atoms with Crippen molar-refractivity contribution in [1.82, 2.24) is 9.97 Å². The van der Waals surface area contributed by atoms with Crippen molar-refractivity contribution < 1.29 is 4.74 Å². The van der Waals surface area contributed by atoms with Gasteiger partial charge in [-0.2, -0.15) is 4.98 Å². The first-order valence-electron chi connectivity index (χ1n) is 5.42. The zero-order chi connectivity index (χ0) is 12.0. The summed E-state index contributed by atoms with van der Waals surface area (Å²) < 4.78 is 5.43.